The van der Waals surface area contributed by atoms with Crippen LogP contribution in [-0.2, 0) is 18.3 Å². The Bertz CT molecular complexity index is 489. The minimum Gasteiger partial charge on any atom is -0.462 e. The second-order valence-electron chi connectivity index (χ2n) is 5.95. The van der Waals surface area contributed by atoms with E-state index in [1.807, 2.05) is 18.7 Å². The second kappa shape index (κ2) is 5.56. The number of esters is 1. The number of aromatic nitrogens is 2. The zero-order chi connectivity index (χ0) is 14.1. The van der Waals surface area contributed by atoms with Crippen molar-refractivity contribution in [3.05, 3.63) is 17.5 Å². The average molecular weight is 277 g/mol. The van der Waals surface area contributed by atoms with Gasteiger partial charge < -0.3 is 4.74 Å². The van der Waals surface area contributed by atoms with E-state index in [0.717, 1.165) is 24.7 Å². The van der Waals surface area contributed by atoms with Gasteiger partial charge in [0, 0.05) is 26.2 Å². The number of aryl methyl sites for hydroxylation is 1. The summed E-state index contributed by atoms with van der Waals surface area (Å²) in [6.07, 6.45) is 6.94. The Kier molecular flexibility index (Phi) is 3.78. The standard InChI is InChI=1S/C15H23N3O2/c1-3-20-15(19)13-8-16-17(2)14(13)10-18(12-6-7-12)9-11-4-5-11/h8,11-12H,3-7,9-10H2,1-2H3. The fourth-order valence-electron chi connectivity index (χ4n) is 2.64. The second-order valence-corrected chi connectivity index (χ2v) is 5.95. The lowest BCUT2D eigenvalue weighted by Crippen LogP contribution is -2.29. The SMILES string of the molecule is CCOC(=O)c1cnn(C)c1CN(CC1CC1)C1CC1. The Morgan fingerprint density at radius 3 is 2.80 bits per heavy atom. The van der Waals surface area contributed by atoms with Crippen molar-refractivity contribution in [2.24, 2.45) is 13.0 Å². The number of carbonyl (C=O) groups is 1. The third-order valence-electron chi connectivity index (χ3n) is 4.16. The molecule has 0 bridgehead atoms. The Labute approximate surface area is 119 Å². The molecule has 2 fully saturated rings. The van der Waals surface area contributed by atoms with Crippen LogP contribution in [0.25, 0.3) is 0 Å². The summed E-state index contributed by atoms with van der Waals surface area (Å²) in [7, 11) is 1.90. The fraction of sp³-hybridized carbons (Fsp3) is 0.733. The maximum atomic E-state index is 12.0. The molecule has 5 heteroatoms. The zero-order valence-electron chi connectivity index (χ0n) is 12.3. The molecule has 2 saturated carbocycles. The molecule has 1 heterocycles. The lowest BCUT2D eigenvalue weighted by molar-refractivity contribution is 0.0523. The number of nitrogens with zero attached hydrogens (tertiary/aromatic N) is 3. The van der Waals surface area contributed by atoms with Crippen LogP contribution in [0.3, 0.4) is 0 Å². The number of rotatable bonds is 7. The first-order valence-corrected chi connectivity index (χ1v) is 7.61. The van der Waals surface area contributed by atoms with Gasteiger partial charge in [-0.05, 0) is 38.5 Å². The van der Waals surface area contributed by atoms with E-state index >= 15 is 0 Å². The highest BCUT2D eigenvalue weighted by molar-refractivity contribution is 5.90. The summed E-state index contributed by atoms with van der Waals surface area (Å²) in [4.78, 5) is 14.5. The number of carbonyl (C=O) groups excluding carboxylic acids is 1. The molecule has 0 amide bonds. The summed E-state index contributed by atoms with van der Waals surface area (Å²) in [6, 6.07) is 0.709. The van der Waals surface area contributed by atoms with Gasteiger partial charge >= 0.3 is 5.97 Å². The first-order valence-electron chi connectivity index (χ1n) is 7.61. The van der Waals surface area contributed by atoms with E-state index < -0.39 is 0 Å². The Morgan fingerprint density at radius 1 is 1.45 bits per heavy atom. The summed E-state index contributed by atoms with van der Waals surface area (Å²) in [5, 5.41) is 4.24. The van der Waals surface area contributed by atoms with E-state index in [9.17, 15) is 4.79 Å². The van der Waals surface area contributed by atoms with Crippen LogP contribution < -0.4 is 0 Å². The van der Waals surface area contributed by atoms with Crippen LogP contribution >= 0.6 is 0 Å². The van der Waals surface area contributed by atoms with Gasteiger partial charge in [0.15, 0.2) is 0 Å². The fourth-order valence-corrected chi connectivity index (χ4v) is 2.64. The maximum Gasteiger partial charge on any atom is 0.341 e. The lowest BCUT2D eigenvalue weighted by atomic mass is 10.2. The lowest BCUT2D eigenvalue weighted by Gasteiger charge is -2.22. The summed E-state index contributed by atoms with van der Waals surface area (Å²) in [6.45, 7) is 4.21. The van der Waals surface area contributed by atoms with Crippen molar-refractivity contribution < 1.29 is 9.53 Å². The molecule has 1 aromatic heterocycles. The molecule has 0 spiro atoms. The van der Waals surface area contributed by atoms with Crippen LogP contribution in [0, 0.1) is 5.92 Å². The molecule has 0 aromatic carbocycles. The van der Waals surface area contributed by atoms with Gasteiger partial charge in [0.05, 0.1) is 18.5 Å². The minimum absolute atomic E-state index is 0.252. The molecule has 3 rings (SSSR count). The smallest absolute Gasteiger partial charge is 0.341 e. The van der Waals surface area contributed by atoms with Crippen molar-refractivity contribution in [2.45, 2.75) is 45.2 Å². The van der Waals surface area contributed by atoms with Crippen LogP contribution in [0.15, 0.2) is 6.20 Å². The molecule has 1 aromatic rings. The molecule has 0 atom stereocenters. The molecule has 0 saturated heterocycles. The number of hydrogen-bond acceptors (Lipinski definition) is 4. The predicted molar refractivity (Wildman–Crippen MR) is 75.3 cm³/mol. The first kappa shape index (κ1) is 13.6. The molecule has 2 aliphatic carbocycles. The van der Waals surface area contributed by atoms with Crippen LogP contribution in [0.1, 0.15) is 48.7 Å². The highest BCUT2D eigenvalue weighted by Gasteiger charge is 2.34. The van der Waals surface area contributed by atoms with Crippen LogP contribution in [-0.4, -0.2) is 39.8 Å². The third-order valence-corrected chi connectivity index (χ3v) is 4.16. The van der Waals surface area contributed by atoms with Gasteiger partial charge in [-0.2, -0.15) is 5.10 Å². The van der Waals surface area contributed by atoms with Crippen LogP contribution in [0.4, 0.5) is 0 Å². The molecule has 5 nitrogen and oxygen atoms in total. The maximum absolute atomic E-state index is 12.0. The quantitative estimate of drug-likeness (QED) is 0.715. The summed E-state index contributed by atoms with van der Waals surface area (Å²) in [5.74, 6) is 0.618. The normalized spacial score (nSPS) is 18.6. The van der Waals surface area contributed by atoms with E-state index in [1.54, 1.807) is 6.20 Å². The average Bonchev–Trinajstić information content (AvgIpc) is 3.31. The van der Waals surface area contributed by atoms with E-state index in [4.69, 9.17) is 4.74 Å². The monoisotopic (exact) mass is 277 g/mol. The molecular formula is C15H23N3O2. The van der Waals surface area contributed by atoms with Gasteiger partial charge in [0.1, 0.15) is 5.56 Å². The van der Waals surface area contributed by atoms with Gasteiger partial charge in [0.25, 0.3) is 0 Å². The topological polar surface area (TPSA) is 47.4 Å². The summed E-state index contributed by atoms with van der Waals surface area (Å²) < 4.78 is 6.94. The Hall–Kier alpha value is -1.36. The summed E-state index contributed by atoms with van der Waals surface area (Å²) >= 11 is 0. The van der Waals surface area contributed by atoms with Gasteiger partial charge in [-0.3, -0.25) is 9.58 Å². The van der Waals surface area contributed by atoms with E-state index in [1.165, 1.54) is 25.7 Å². The molecule has 20 heavy (non-hydrogen) atoms. The molecule has 0 unspecified atom stereocenters. The van der Waals surface area contributed by atoms with Gasteiger partial charge in [-0.15, -0.1) is 0 Å². The number of hydrogen-bond donors (Lipinski definition) is 0. The highest BCUT2D eigenvalue weighted by atomic mass is 16.5. The van der Waals surface area contributed by atoms with Crippen molar-refractivity contribution in [2.75, 3.05) is 13.2 Å². The molecule has 0 radical (unpaired) electrons. The minimum atomic E-state index is -0.252. The van der Waals surface area contributed by atoms with Crippen molar-refractivity contribution in [3.8, 4) is 0 Å². The molecule has 0 N–H and O–H groups in total. The van der Waals surface area contributed by atoms with Crippen molar-refractivity contribution in [3.63, 3.8) is 0 Å². The van der Waals surface area contributed by atoms with E-state index in [2.05, 4.69) is 10.00 Å². The molecule has 0 aliphatic heterocycles. The van der Waals surface area contributed by atoms with E-state index in [0.29, 0.717) is 18.2 Å². The van der Waals surface area contributed by atoms with Gasteiger partial charge in [-0.1, -0.05) is 0 Å². The van der Waals surface area contributed by atoms with Crippen molar-refractivity contribution in [1.82, 2.24) is 14.7 Å². The van der Waals surface area contributed by atoms with Crippen molar-refractivity contribution in [1.29, 1.82) is 0 Å². The third kappa shape index (κ3) is 3.03. The van der Waals surface area contributed by atoms with Crippen LogP contribution in [0.5, 0.6) is 0 Å². The van der Waals surface area contributed by atoms with Gasteiger partial charge in [-0.25, -0.2) is 4.79 Å². The van der Waals surface area contributed by atoms with Crippen LogP contribution in [0.2, 0.25) is 0 Å². The Balaban J connectivity index is 1.74. The highest BCUT2D eigenvalue weighted by Crippen LogP contribution is 2.35. The van der Waals surface area contributed by atoms with Gasteiger partial charge in [0.2, 0.25) is 0 Å². The molecule has 2 aliphatic rings. The predicted octanol–water partition coefficient (Wildman–Crippen LogP) is 1.97. The number of ether oxygens (including phenoxy) is 1. The summed E-state index contributed by atoms with van der Waals surface area (Å²) in [5.41, 5.74) is 1.60. The molecular weight excluding hydrogens is 254 g/mol. The molecule has 110 valence electrons. The zero-order valence-corrected chi connectivity index (χ0v) is 12.3. The van der Waals surface area contributed by atoms with E-state index in [-0.39, 0.29) is 5.97 Å². The van der Waals surface area contributed by atoms with Crippen molar-refractivity contribution >= 4 is 5.97 Å². The Morgan fingerprint density at radius 2 is 2.20 bits per heavy atom. The largest absolute Gasteiger partial charge is 0.462 e. The first-order chi connectivity index (χ1) is 9.69.